The summed E-state index contributed by atoms with van der Waals surface area (Å²) in [6.07, 6.45) is 0. The molecule has 0 heterocycles. The quantitative estimate of drug-likeness (QED) is 0.786. The van der Waals surface area contributed by atoms with E-state index >= 15 is 0 Å². The second kappa shape index (κ2) is 7.58. The molecule has 0 atom stereocenters. The minimum atomic E-state index is -3.44. The van der Waals surface area contributed by atoms with Crippen molar-refractivity contribution in [3.63, 3.8) is 0 Å². The van der Waals surface area contributed by atoms with Gasteiger partial charge in [0.2, 0.25) is 10.0 Å². The summed E-state index contributed by atoms with van der Waals surface area (Å²) in [6, 6.07) is 12.1. The molecule has 0 aliphatic carbocycles. The number of rotatable bonds is 7. The van der Waals surface area contributed by atoms with Gasteiger partial charge in [-0.1, -0.05) is 23.7 Å². The highest BCUT2D eigenvalue weighted by molar-refractivity contribution is 7.88. The Hall–Kier alpha value is -1.63. The number of nitrogens with one attached hydrogen (secondary N) is 1. The molecule has 2 aromatic rings. The van der Waals surface area contributed by atoms with Gasteiger partial charge in [-0.25, -0.2) is 17.5 Å². The molecule has 0 saturated carbocycles. The normalized spacial score (nSPS) is 11.4. The molecule has 0 fully saturated rings. The van der Waals surface area contributed by atoms with Gasteiger partial charge < -0.3 is 4.74 Å². The first-order chi connectivity index (χ1) is 10.4. The molecule has 22 heavy (non-hydrogen) atoms. The van der Waals surface area contributed by atoms with Crippen LogP contribution < -0.4 is 9.46 Å². The zero-order valence-electron chi connectivity index (χ0n) is 11.6. The summed E-state index contributed by atoms with van der Waals surface area (Å²) in [6.45, 7) is 0.290. The van der Waals surface area contributed by atoms with E-state index in [4.69, 9.17) is 16.3 Å². The summed E-state index contributed by atoms with van der Waals surface area (Å²) >= 11 is 5.75. The Balaban J connectivity index is 1.77. The van der Waals surface area contributed by atoms with Crippen LogP contribution in [0, 0.1) is 5.82 Å². The Morgan fingerprint density at radius 2 is 1.68 bits per heavy atom. The first-order valence-electron chi connectivity index (χ1n) is 6.55. The van der Waals surface area contributed by atoms with Gasteiger partial charge in [-0.15, -0.1) is 0 Å². The lowest BCUT2D eigenvalue weighted by atomic mass is 10.2. The van der Waals surface area contributed by atoms with E-state index < -0.39 is 10.0 Å². The lowest BCUT2D eigenvalue weighted by Crippen LogP contribution is -2.29. The average Bonchev–Trinajstić information content (AvgIpc) is 2.48. The minimum Gasteiger partial charge on any atom is -0.492 e. The first-order valence-corrected chi connectivity index (χ1v) is 8.58. The highest BCUT2D eigenvalue weighted by Gasteiger charge is 2.10. The number of ether oxygens (including phenoxy) is 1. The smallest absolute Gasteiger partial charge is 0.215 e. The third-order valence-corrected chi connectivity index (χ3v) is 4.39. The summed E-state index contributed by atoms with van der Waals surface area (Å²) in [5.41, 5.74) is 0.649. The number of hydrogen-bond acceptors (Lipinski definition) is 3. The van der Waals surface area contributed by atoms with Gasteiger partial charge in [-0.3, -0.25) is 0 Å². The standard InChI is InChI=1S/C15H15ClFNO3S/c16-13-3-1-12(2-4-13)11-22(19,20)18-9-10-21-15-7-5-14(17)6-8-15/h1-8,18H,9-11H2. The molecule has 0 unspecified atom stereocenters. The largest absolute Gasteiger partial charge is 0.492 e. The molecule has 1 N–H and O–H groups in total. The number of halogens is 2. The van der Waals surface area contributed by atoms with Crippen molar-refractivity contribution in [3.05, 3.63) is 64.9 Å². The van der Waals surface area contributed by atoms with Crippen LogP contribution in [0.4, 0.5) is 4.39 Å². The maximum atomic E-state index is 12.7. The topological polar surface area (TPSA) is 55.4 Å². The molecule has 0 radical (unpaired) electrons. The Morgan fingerprint density at radius 3 is 2.32 bits per heavy atom. The van der Waals surface area contributed by atoms with E-state index in [9.17, 15) is 12.8 Å². The predicted octanol–water partition coefficient (Wildman–Crippen LogP) is 2.98. The van der Waals surface area contributed by atoms with Crippen LogP contribution in [0.5, 0.6) is 5.75 Å². The van der Waals surface area contributed by atoms with Crippen molar-refractivity contribution in [2.75, 3.05) is 13.2 Å². The lowest BCUT2D eigenvalue weighted by Gasteiger charge is -2.08. The molecule has 0 aliphatic heterocycles. The van der Waals surface area contributed by atoms with E-state index in [0.29, 0.717) is 16.3 Å². The third-order valence-electron chi connectivity index (χ3n) is 2.78. The summed E-state index contributed by atoms with van der Waals surface area (Å²) in [5, 5.41) is 0.557. The van der Waals surface area contributed by atoms with Gasteiger partial charge in [0, 0.05) is 11.6 Å². The summed E-state index contributed by atoms with van der Waals surface area (Å²) in [5.74, 6) is 0.00934. The van der Waals surface area contributed by atoms with E-state index in [-0.39, 0.29) is 24.7 Å². The highest BCUT2D eigenvalue weighted by atomic mass is 35.5. The van der Waals surface area contributed by atoms with E-state index in [2.05, 4.69) is 4.72 Å². The zero-order valence-corrected chi connectivity index (χ0v) is 13.2. The number of sulfonamides is 1. The number of hydrogen-bond donors (Lipinski definition) is 1. The van der Waals surface area contributed by atoms with Crippen LogP contribution in [0.3, 0.4) is 0 Å². The summed E-state index contributed by atoms with van der Waals surface area (Å²) in [4.78, 5) is 0. The van der Waals surface area contributed by atoms with Gasteiger partial charge in [-0.2, -0.15) is 0 Å². The second-order valence-corrected chi connectivity index (χ2v) is 6.83. The van der Waals surface area contributed by atoms with Crippen molar-refractivity contribution >= 4 is 21.6 Å². The van der Waals surface area contributed by atoms with E-state index in [1.54, 1.807) is 24.3 Å². The molecule has 0 spiro atoms. The fourth-order valence-corrected chi connectivity index (χ4v) is 3.00. The van der Waals surface area contributed by atoms with Crippen LogP contribution in [-0.4, -0.2) is 21.6 Å². The van der Waals surface area contributed by atoms with Crippen molar-refractivity contribution in [1.29, 1.82) is 0 Å². The van der Waals surface area contributed by atoms with Crippen molar-refractivity contribution in [2.24, 2.45) is 0 Å². The molecule has 2 rings (SSSR count). The van der Waals surface area contributed by atoms with E-state index in [1.807, 2.05) is 0 Å². The molecule has 7 heteroatoms. The van der Waals surface area contributed by atoms with Crippen LogP contribution in [0.2, 0.25) is 5.02 Å². The van der Waals surface area contributed by atoms with Crippen molar-refractivity contribution < 1.29 is 17.5 Å². The number of benzene rings is 2. The van der Waals surface area contributed by atoms with Crippen LogP contribution in [0.1, 0.15) is 5.56 Å². The SMILES string of the molecule is O=S(=O)(Cc1ccc(Cl)cc1)NCCOc1ccc(F)cc1. The molecular formula is C15H15ClFNO3S. The van der Waals surface area contributed by atoms with Crippen molar-refractivity contribution in [3.8, 4) is 5.75 Å². The van der Waals surface area contributed by atoms with Crippen LogP contribution in [0.25, 0.3) is 0 Å². The summed E-state index contributed by atoms with van der Waals surface area (Å²) in [7, 11) is -3.44. The molecule has 4 nitrogen and oxygen atoms in total. The molecular weight excluding hydrogens is 329 g/mol. The lowest BCUT2D eigenvalue weighted by molar-refractivity contribution is 0.322. The van der Waals surface area contributed by atoms with Crippen LogP contribution >= 0.6 is 11.6 Å². The maximum absolute atomic E-state index is 12.7. The Morgan fingerprint density at radius 1 is 1.05 bits per heavy atom. The highest BCUT2D eigenvalue weighted by Crippen LogP contribution is 2.12. The van der Waals surface area contributed by atoms with Crippen molar-refractivity contribution in [1.82, 2.24) is 4.72 Å². The van der Waals surface area contributed by atoms with Gasteiger partial charge >= 0.3 is 0 Å². The fourth-order valence-electron chi connectivity index (χ4n) is 1.75. The first kappa shape index (κ1) is 16.7. The van der Waals surface area contributed by atoms with Crippen molar-refractivity contribution in [2.45, 2.75) is 5.75 Å². The second-order valence-electron chi connectivity index (χ2n) is 4.58. The monoisotopic (exact) mass is 343 g/mol. The Bertz CT molecular complexity index is 703. The average molecular weight is 344 g/mol. The minimum absolute atomic E-state index is 0.124. The molecule has 0 saturated heterocycles. The third kappa shape index (κ3) is 5.63. The molecule has 2 aromatic carbocycles. The van der Waals surface area contributed by atoms with Gasteiger partial charge in [-0.05, 0) is 42.0 Å². The van der Waals surface area contributed by atoms with Gasteiger partial charge in [0.25, 0.3) is 0 Å². The molecule has 0 aliphatic rings. The van der Waals surface area contributed by atoms with E-state index in [0.717, 1.165) is 0 Å². The molecule has 0 bridgehead atoms. The predicted molar refractivity (Wildman–Crippen MR) is 84.0 cm³/mol. The maximum Gasteiger partial charge on any atom is 0.215 e. The van der Waals surface area contributed by atoms with Gasteiger partial charge in [0.1, 0.15) is 18.2 Å². The summed E-state index contributed by atoms with van der Waals surface area (Å²) < 4.78 is 44.2. The van der Waals surface area contributed by atoms with Crippen LogP contribution in [0.15, 0.2) is 48.5 Å². The molecule has 118 valence electrons. The molecule has 0 aromatic heterocycles. The molecule has 0 amide bonds. The zero-order chi connectivity index (χ0) is 16.0. The fraction of sp³-hybridized carbons (Fsp3) is 0.200. The van der Waals surface area contributed by atoms with Gasteiger partial charge in [0.05, 0.1) is 5.75 Å². The van der Waals surface area contributed by atoms with E-state index in [1.165, 1.54) is 24.3 Å². The Kier molecular flexibility index (Phi) is 5.76. The van der Waals surface area contributed by atoms with Gasteiger partial charge in [0.15, 0.2) is 0 Å². The van der Waals surface area contributed by atoms with Crippen LogP contribution in [-0.2, 0) is 15.8 Å². The Labute approximate surface area is 133 Å².